The Bertz CT molecular complexity index is 530. The second-order valence-electron chi connectivity index (χ2n) is 4.67. The predicted molar refractivity (Wildman–Crippen MR) is 75.7 cm³/mol. The molecular formula is C12H17N5O4. The summed E-state index contributed by atoms with van der Waals surface area (Å²) in [4.78, 5) is 27.2. The van der Waals surface area contributed by atoms with E-state index in [1.165, 1.54) is 0 Å². The molecule has 1 aromatic rings. The predicted octanol–water partition coefficient (Wildman–Crippen LogP) is 0.00510. The quantitative estimate of drug-likeness (QED) is 0.495. The SMILES string of the molecule is O=C(O)c1cc([N+](=O)[O-])cnc1NCCN1CCNCC1. The number of rotatable bonds is 6. The van der Waals surface area contributed by atoms with Gasteiger partial charge in [-0.25, -0.2) is 9.78 Å². The topological polar surface area (TPSA) is 121 Å². The van der Waals surface area contributed by atoms with Crippen LogP contribution in [0.1, 0.15) is 10.4 Å². The highest BCUT2D eigenvalue weighted by Crippen LogP contribution is 2.18. The van der Waals surface area contributed by atoms with Crippen LogP contribution in [0.4, 0.5) is 11.5 Å². The summed E-state index contributed by atoms with van der Waals surface area (Å²) in [5.74, 6) is -1.08. The van der Waals surface area contributed by atoms with Gasteiger partial charge in [0.2, 0.25) is 0 Å². The number of nitro groups is 1. The molecule has 1 aliphatic rings. The molecule has 1 aromatic heterocycles. The van der Waals surface area contributed by atoms with E-state index in [0.29, 0.717) is 6.54 Å². The highest BCUT2D eigenvalue weighted by Gasteiger charge is 2.17. The molecule has 0 bridgehead atoms. The first-order chi connectivity index (χ1) is 10.1. The summed E-state index contributed by atoms with van der Waals surface area (Å²) >= 11 is 0. The summed E-state index contributed by atoms with van der Waals surface area (Å²) < 4.78 is 0. The van der Waals surface area contributed by atoms with Crippen molar-refractivity contribution in [1.82, 2.24) is 15.2 Å². The standard InChI is InChI=1S/C12H17N5O4/c18-12(19)10-7-9(17(20)21)8-15-11(10)14-3-6-16-4-1-13-2-5-16/h7-8,13H,1-6H2,(H,14,15)(H,18,19). The normalized spacial score (nSPS) is 15.6. The smallest absolute Gasteiger partial charge is 0.339 e. The second-order valence-corrected chi connectivity index (χ2v) is 4.67. The number of pyridine rings is 1. The Balaban J connectivity index is 1.98. The van der Waals surface area contributed by atoms with Gasteiger partial charge in [-0.05, 0) is 0 Å². The molecule has 0 amide bonds. The molecular weight excluding hydrogens is 278 g/mol. The molecule has 9 heteroatoms. The van der Waals surface area contributed by atoms with Crippen molar-refractivity contribution in [2.45, 2.75) is 0 Å². The molecule has 1 aliphatic heterocycles. The zero-order valence-electron chi connectivity index (χ0n) is 11.4. The van der Waals surface area contributed by atoms with Crippen LogP contribution in [0.3, 0.4) is 0 Å². The maximum atomic E-state index is 11.1. The average Bonchev–Trinajstić information content (AvgIpc) is 2.48. The maximum Gasteiger partial charge on any atom is 0.339 e. The van der Waals surface area contributed by atoms with Crippen molar-refractivity contribution >= 4 is 17.5 Å². The van der Waals surface area contributed by atoms with Crippen molar-refractivity contribution in [3.63, 3.8) is 0 Å². The average molecular weight is 295 g/mol. The number of hydrogen-bond acceptors (Lipinski definition) is 7. The fourth-order valence-corrected chi connectivity index (χ4v) is 2.12. The van der Waals surface area contributed by atoms with E-state index < -0.39 is 10.9 Å². The van der Waals surface area contributed by atoms with Crippen LogP contribution in [0.5, 0.6) is 0 Å². The summed E-state index contributed by atoms with van der Waals surface area (Å²) in [5, 5.41) is 25.9. The van der Waals surface area contributed by atoms with Gasteiger partial charge in [-0.15, -0.1) is 0 Å². The van der Waals surface area contributed by atoms with Crippen molar-refractivity contribution in [1.29, 1.82) is 0 Å². The molecule has 0 unspecified atom stereocenters. The first-order valence-electron chi connectivity index (χ1n) is 6.62. The molecule has 2 heterocycles. The molecule has 0 radical (unpaired) electrons. The molecule has 0 aliphatic carbocycles. The summed E-state index contributed by atoms with van der Waals surface area (Å²) in [7, 11) is 0. The van der Waals surface area contributed by atoms with Gasteiger partial charge in [-0.2, -0.15) is 0 Å². The molecule has 21 heavy (non-hydrogen) atoms. The molecule has 0 saturated carbocycles. The van der Waals surface area contributed by atoms with Crippen LogP contribution in [0.15, 0.2) is 12.3 Å². The van der Waals surface area contributed by atoms with Gasteiger partial charge in [0.1, 0.15) is 17.6 Å². The monoisotopic (exact) mass is 295 g/mol. The van der Waals surface area contributed by atoms with Crippen LogP contribution in [-0.4, -0.2) is 65.2 Å². The largest absolute Gasteiger partial charge is 0.478 e. The number of carbonyl (C=O) groups is 1. The Morgan fingerprint density at radius 3 is 2.86 bits per heavy atom. The van der Waals surface area contributed by atoms with Gasteiger partial charge in [0.15, 0.2) is 0 Å². The van der Waals surface area contributed by atoms with Crippen molar-refractivity contribution < 1.29 is 14.8 Å². The number of hydrogen-bond donors (Lipinski definition) is 3. The van der Waals surface area contributed by atoms with Gasteiger partial charge in [0.25, 0.3) is 5.69 Å². The van der Waals surface area contributed by atoms with Gasteiger partial charge in [0, 0.05) is 45.3 Å². The van der Waals surface area contributed by atoms with E-state index in [9.17, 15) is 14.9 Å². The van der Waals surface area contributed by atoms with E-state index in [1.54, 1.807) is 0 Å². The first-order valence-corrected chi connectivity index (χ1v) is 6.62. The molecule has 3 N–H and O–H groups in total. The van der Waals surface area contributed by atoms with Crippen LogP contribution >= 0.6 is 0 Å². The summed E-state index contributed by atoms with van der Waals surface area (Å²) in [6.07, 6.45) is 1.06. The highest BCUT2D eigenvalue weighted by molar-refractivity contribution is 5.93. The van der Waals surface area contributed by atoms with Gasteiger partial charge in [-0.1, -0.05) is 0 Å². The zero-order chi connectivity index (χ0) is 15.2. The number of carboxylic acid groups (broad SMARTS) is 1. The number of nitrogens with one attached hydrogen (secondary N) is 2. The number of nitrogens with zero attached hydrogens (tertiary/aromatic N) is 3. The molecule has 9 nitrogen and oxygen atoms in total. The number of carboxylic acids is 1. The van der Waals surface area contributed by atoms with Crippen LogP contribution in [-0.2, 0) is 0 Å². The Morgan fingerprint density at radius 2 is 2.24 bits per heavy atom. The number of piperazine rings is 1. The maximum absolute atomic E-state index is 11.1. The van der Waals surface area contributed by atoms with Gasteiger partial charge in [-0.3, -0.25) is 15.0 Å². The lowest BCUT2D eigenvalue weighted by Crippen LogP contribution is -2.45. The van der Waals surface area contributed by atoms with Gasteiger partial charge >= 0.3 is 5.97 Å². The minimum absolute atomic E-state index is 0.156. The Labute approximate surface area is 121 Å². The summed E-state index contributed by atoms with van der Waals surface area (Å²) in [6.45, 7) is 5.07. The van der Waals surface area contributed by atoms with Gasteiger partial charge < -0.3 is 15.7 Å². The molecule has 1 saturated heterocycles. The third-order valence-corrected chi connectivity index (χ3v) is 3.24. The lowest BCUT2D eigenvalue weighted by atomic mass is 10.2. The third kappa shape index (κ3) is 4.10. The summed E-state index contributed by atoms with van der Waals surface area (Å²) in [5.41, 5.74) is -0.524. The zero-order valence-corrected chi connectivity index (χ0v) is 11.4. The number of aromatic nitrogens is 1. The molecule has 0 atom stereocenters. The van der Waals surface area contributed by atoms with Crippen LogP contribution < -0.4 is 10.6 Å². The van der Waals surface area contributed by atoms with Gasteiger partial charge in [0.05, 0.1) is 4.92 Å². The number of aromatic carboxylic acids is 1. The Kier molecular flexibility index (Phi) is 5.01. The van der Waals surface area contributed by atoms with E-state index in [1.807, 2.05) is 0 Å². The molecule has 114 valence electrons. The van der Waals surface area contributed by atoms with Crippen LogP contribution in [0, 0.1) is 10.1 Å². The number of anilines is 1. The van der Waals surface area contributed by atoms with E-state index in [0.717, 1.165) is 45.0 Å². The van der Waals surface area contributed by atoms with E-state index in [-0.39, 0.29) is 17.1 Å². The van der Waals surface area contributed by atoms with Crippen molar-refractivity contribution in [2.24, 2.45) is 0 Å². The third-order valence-electron chi connectivity index (χ3n) is 3.24. The van der Waals surface area contributed by atoms with Crippen molar-refractivity contribution in [3.8, 4) is 0 Å². The molecule has 2 rings (SSSR count). The lowest BCUT2D eigenvalue weighted by molar-refractivity contribution is -0.385. The van der Waals surface area contributed by atoms with E-state index >= 15 is 0 Å². The fraction of sp³-hybridized carbons (Fsp3) is 0.500. The lowest BCUT2D eigenvalue weighted by Gasteiger charge is -2.27. The molecule has 1 fully saturated rings. The van der Waals surface area contributed by atoms with Crippen LogP contribution in [0.25, 0.3) is 0 Å². The minimum atomic E-state index is -1.24. The first kappa shape index (κ1) is 15.1. The molecule has 0 aromatic carbocycles. The van der Waals surface area contributed by atoms with Crippen molar-refractivity contribution in [2.75, 3.05) is 44.6 Å². The van der Waals surface area contributed by atoms with Crippen molar-refractivity contribution in [3.05, 3.63) is 27.9 Å². The Hall–Kier alpha value is -2.26. The van der Waals surface area contributed by atoms with E-state index in [4.69, 9.17) is 5.11 Å². The Morgan fingerprint density at radius 1 is 1.52 bits per heavy atom. The van der Waals surface area contributed by atoms with Crippen LogP contribution in [0.2, 0.25) is 0 Å². The second kappa shape index (κ2) is 6.95. The molecule has 0 spiro atoms. The highest BCUT2D eigenvalue weighted by atomic mass is 16.6. The minimum Gasteiger partial charge on any atom is -0.478 e. The summed E-state index contributed by atoms with van der Waals surface area (Å²) in [6, 6.07) is 1.02. The van der Waals surface area contributed by atoms with E-state index in [2.05, 4.69) is 20.5 Å². The fourth-order valence-electron chi connectivity index (χ4n) is 2.12.